The summed E-state index contributed by atoms with van der Waals surface area (Å²) in [4.78, 5) is 27.2. The summed E-state index contributed by atoms with van der Waals surface area (Å²) in [5.41, 5.74) is 0.313. The normalized spacial score (nSPS) is 12.4. The molecule has 2 aromatic rings. The molecule has 2 rings (SSSR count). The average Bonchev–Trinajstić information content (AvgIpc) is 2.83. The lowest BCUT2D eigenvalue weighted by atomic mass is 10.1. The van der Waals surface area contributed by atoms with Gasteiger partial charge in [0.05, 0.1) is 4.90 Å². The minimum absolute atomic E-state index is 0.0235. The van der Waals surface area contributed by atoms with Gasteiger partial charge < -0.3 is 10.2 Å². The van der Waals surface area contributed by atoms with Crippen molar-refractivity contribution >= 4 is 21.8 Å². The van der Waals surface area contributed by atoms with Gasteiger partial charge in [-0.3, -0.25) is 9.59 Å². The summed E-state index contributed by atoms with van der Waals surface area (Å²) in [5.74, 6) is -1.10. The molecule has 34 heavy (non-hydrogen) atoms. The van der Waals surface area contributed by atoms with Crippen LogP contribution in [0.3, 0.4) is 0 Å². The van der Waals surface area contributed by atoms with Crippen molar-refractivity contribution in [1.82, 2.24) is 14.5 Å². The second-order valence-electron chi connectivity index (χ2n) is 8.18. The zero-order chi connectivity index (χ0) is 25.1. The second-order valence-corrected chi connectivity index (χ2v) is 10.2. The molecule has 0 fully saturated rings. The maximum Gasteiger partial charge on any atom is 0.242 e. The van der Waals surface area contributed by atoms with E-state index in [9.17, 15) is 22.4 Å². The first-order valence-electron chi connectivity index (χ1n) is 11.5. The van der Waals surface area contributed by atoms with E-state index in [0.29, 0.717) is 12.1 Å². The highest BCUT2D eigenvalue weighted by Crippen LogP contribution is 2.17. The molecule has 0 aliphatic rings. The van der Waals surface area contributed by atoms with Crippen LogP contribution in [0.2, 0.25) is 0 Å². The fraction of sp³-hybridized carbons (Fsp3) is 0.440. The first kappa shape index (κ1) is 27.5. The first-order valence-corrected chi connectivity index (χ1v) is 12.9. The van der Waals surface area contributed by atoms with Crippen molar-refractivity contribution in [3.05, 3.63) is 66.0 Å². The molecule has 2 aromatic carbocycles. The maximum atomic E-state index is 14.3. The van der Waals surface area contributed by atoms with Gasteiger partial charge in [0.15, 0.2) is 0 Å². The number of halogens is 1. The predicted molar refractivity (Wildman–Crippen MR) is 130 cm³/mol. The number of hydrogen-bond donors (Lipinski definition) is 1. The summed E-state index contributed by atoms with van der Waals surface area (Å²) < 4.78 is 40.8. The number of carbonyl (C=O) groups excluding carboxylic acids is 2. The topological polar surface area (TPSA) is 86.8 Å². The van der Waals surface area contributed by atoms with Gasteiger partial charge in [-0.05, 0) is 38.0 Å². The largest absolute Gasteiger partial charge is 0.354 e. The SMILES string of the molecule is CCCCNC(=O)C(C)N(Cc1ccccc1F)C(=O)CCCN(C)S(=O)(=O)c1ccccc1. The minimum Gasteiger partial charge on any atom is -0.354 e. The number of benzene rings is 2. The van der Waals surface area contributed by atoms with Crippen molar-refractivity contribution in [3.8, 4) is 0 Å². The standard InChI is InChI=1S/C25H34FN3O4S/c1-4-5-17-27-25(31)20(2)29(19-21-12-9-10-15-23(21)26)24(30)16-11-18-28(3)34(32,33)22-13-7-6-8-14-22/h6-10,12-15,20H,4-5,11,16-19H2,1-3H3,(H,27,31). The molecule has 1 N–H and O–H groups in total. The Bertz CT molecular complexity index is 1050. The Morgan fingerprint density at radius 2 is 1.68 bits per heavy atom. The van der Waals surface area contributed by atoms with Gasteiger partial charge in [0.1, 0.15) is 11.9 Å². The van der Waals surface area contributed by atoms with Crippen LogP contribution in [0.25, 0.3) is 0 Å². The molecule has 0 bridgehead atoms. The highest BCUT2D eigenvalue weighted by atomic mass is 32.2. The number of unbranched alkanes of at least 4 members (excludes halogenated alkanes) is 1. The van der Waals surface area contributed by atoms with Crippen LogP contribution in [0, 0.1) is 5.82 Å². The number of amides is 2. The molecule has 9 heteroatoms. The fourth-order valence-electron chi connectivity index (χ4n) is 3.42. The molecule has 2 amide bonds. The van der Waals surface area contributed by atoms with Crippen LogP contribution < -0.4 is 5.32 Å². The molecule has 1 atom stereocenters. The Morgan fingerprint density at radius 3 is 2.32 bits per heavy atom. The smallest absolute Gasteiger partial charge is 0.242 e. The van der Waals surface area contributed by atoms with Crippen molar-refractivity contribution in [1.29, 1.82) is 0 Å². The van der Waals surface area contributed by atoms with E-state index in [1.165, 1.54) is 34.5 Å². The molecule has 186 valence electrons. The third-order valence-electron chi connectivity index (χ3n) is 5.61. The van der Waals surface area contributed by atoms with Gasteiger partial charge in [0, 0.05) is 38.7 Å². The van der Waals surface area contributed by atoms with Gasteiger partial charge in [0.25, 0.3) is 0 Å². The Hall–Kier alpha value is -2.78. The molecule has 0 saturated heterocycles. The molecular weight excluding hydrogens is 457 g/mol. The fourth-order valence-corrected chi connectivity index (χ4v) is 4.65. The number of sulfonamides is 1. The average molecular weight is 492 g/mol. The maximum absolute atomic E-state index is 14.3. The van der Waals surface area contributed by atoms with Crippen molar-refractivity contribution in [3.63, 3.8) is 0 Å². The van der Waals surface area contributed by atoms with E-state index in [1.807, 2.05) is 6.92 Å². The van der Waals surface area contributed by atoms with Gasteiger partial charge >= 0.3 is 0 Å². The molecule has 1 unspecified atom stereocenters. The second kappa shape index (κ2) is 13.2. The van der Waals surface area contributed by atoms with Crippen LogP contribution in [0.4, 0.5) is 4.39 Å². The Balaban J connectivity index is 2.07. The predicted octanol–water partition coefficient (Wildman–Crippen LogP) is 3.56. The van der Waals surface area contributed by atoms with Gasteiger partial charge in [-0.1, -0.05) is 49.7 Å². The zero-order valence-electron chi connectivity index (χ0n) is 20.0. The lowest BCUT2D eigenvalue weighted by Gasteiger charge is -2.29. The van der Waals surface area contributed by atoms with E-state index in [-0.39, 0.29) is 42.6 Å². The van der Waals surface area contributed by atoms with Crippen LogP contribution in [-0.4, -0.2) is 55.6 Å². The van der Waals surface area contributed by atoms with Gasteiger partial charge in [-0.15, -0.1) is 0 Å². The molecule has 0 heterocycles. The number of nitrogens with zero attached hydrogens (tertiary/aromatic N) is 2. The molecule has 0 saturated carbocycles. The summed E-state index contributed by atoms with van der Waals surface area (Å²) in [5, 5.41) is 2.82. The van der Waals surface area contributed by atoms with E-state index in [2.05, 4.69) is 5.32 Å². The summed E-state index contributed by atoms with van der Waals surface area (Å²) in [6, 6.07) is 13.4. The number of hydrogen-bond acceptors (Lipinski definition) is 4. The highest BCUT2D eigenvalue weighted by molar-refractivity contribution is 7.89. The number of carbonyl (C=O) groups is 2. The van der Waals surface area contributed by atoms with Crippen LogP contribution in [0.15, 0.2) is 59.5 Å². The first-order chi connectivity index (χ1) is 16.2. The van der Waals surface area contributed by atoms with Crippen LogP contribution >= 0.6 is 0 Å². The third kappa shape index (κ3) is 7.63. The summed E-state index contributed by atoms with van der Waals surface area (Å²) in [6.45, 7) is 4.22. The molecule has 0 aliphatic heterocycles. The number of nitrogens with one attached hydrogen (secondary N) is 1. The molecule has 0 radical (unpaired) electrons. The van der Waals surface area contributed by atoms with E-state index < -0.39 is 21.9 Å². The molecule has 0 spiro atoms. The van der Waals surface area contributed by atoms with E-state index in [4.69, 9.17) is 0 Å². The van der Waals surface area contributed by atoms with Gasteiger partial charge in [-0.2, -0.15) is 0 Å². The van der Waals surface area contributed by atoms with Crippen LogP contribution in [0.1, 0.15) is 45.1 Å². The van der Waals surface area contributed by atoms with Crippen LogP contribution in [0.5, 0.6) is 0 Å². The lowest BCUT2D eigenvalue weighted by Crippen LogP contribution is -2.48. The zero-order valence-corrected chi connectivity index (χ0v) is 20.9. The third-order valence-corrected chi connectivity index (χ3v) is 7.48. The highest BCUT2D eigenvalue weighted by Gasteiger charge is 2.27. The summed E-state index contributed by atoms with van der Waals surface area (Å²) >= 11 is 0. The lowest BCUT2D eigenvalue weighted by molar-refractivity contribution is -0.140. The molecule has 0 aliphatic carbocycles. The van der Waals surface area contributed by atoms with Crippen molar-refractivity contribution in [2.24, 2.45) is 0 Å². The summed E-state index contributed by atoms with van der Waals surface area (Å²) in [6.07, 6.45) is 2.03. The van der Waals surface area contributed by atoms with E-state index in [0.717, 1.165) is 12.8 Å². The molecule has 0 aromatic heterocycles. The van der Waals surface area contributed by atoms with Crippen molar-refractivity contribution in [2.75, 3.05) is 20.1 Å². The monoisotopic (exact) mass is 491 g/mol. The summed E-state index contributed by atoms with van der Waals surface area (Å²) in [7, 11) is -2.19. The Labute approximate surface area is 202 Å². The van der Waals surface area contributed by atoms with Crippen molar-refractivity contribution < 1.29 is 22.4 Å². The molecule has 7 nitrogen and oxygen atoms in total. The Morgan fingerprint density at radius 1 is 1.03 bits per heavy atom. The van der Waals surface area contributed by atoms with Crippen molar-refractivity contribution in [2.45, 2.75) is 57.0 Å². The van der Waals surface area contributed by atoms with Gasteiger partial charge in [-0.25, -0.2) is 17.1 Å². The minimum atomic E-state index is -3.66. The van der Waals surface area contributed by atoms with E-state index in [1.54, 1.807) is 43.3 Å². The Kier molecular flexibility index (Phi) is 10.7. The number of rotatable bonds is 13. The molecular formula is C25H34FN3O4S. The van der Waals surface area contributed by atoms with Gasteiger partial charge in [0.2, 0.25) is 21.8 Å². The quantitative estimate of drug-likeness (QED) is 0.434. The van der Waals surface area contributed by atoms with Crippen LogP contribution in [-0.2, 0) is 26.2 Å². The van der Waals surface area contributed by atoms with E-state index >= 15 is 0 Å².